The van der Waals surface area contributed by atoms with Crippen LogP contribution in [-0.2, 0) is 6.54 Å². The topological polar surface area (TPSA) is 46.3 Å². The molecule has 0 aliphatic heterocycles. The second kappa shape index (κ2) is 6.75. The second-order valence-electron chi connectivity index (χ2n) is 4.84. The Morgan fingerprint density at radius 2 is 1.85 bits per heavy atom. The maximum Gasteiger partial charge on any atom is 0.254 e. The predicted molar refractivity (Wildman–Crippen MR) is 82.3 cm³/mol. The third kappa shape index (κ3) is 3.60. The highest BCUT2D eigenvalue weighted by Gasteiger charge is 2.14. The molecule has 0 atom stereocenters. The molecule has 0 aliphatic rings. The number of carbonyl (C=O) groups is 1. The summed E-state index contributed by atoms with van der Waals surface area (Å²) in [7, 11) is 0. The molecule has 0 radical (unpaired) electrons. The number of hydrogen-bond acceptors (Lipinski definition) is 2. The Morgan fingerprint density at radius 1 is 1.10 bits per heavy atom. The van der Waals surface area contributed by atoms with Crippen LogP contribution < -0.4 is 5.73 Å². The average molecular weight is 268 g/mol. The average Bonchev–Trinajstić information content (AvgIpc) is 2.47. The van der Waals surface area contributed by atoms with Gasteiger partial charge in [0.1, 0.15) is 0 Å². The van der Waals surface area contributed by atoms with Gasteiger partial charge in [0.2, 0.25) is 0 Å². The molecule has 0 aliphatic carbocycles. The summed E-state index contributed by atoms with van der Waals surface area (Å²) in [4.78, 5) is 14.4. The minimum atomic E-state index is 0.0647. The van der Waals surface area contributed by atoms with Gasteiger partial charge in [-0.3, -0.25) is 4.79 Å². The van der Waals surface area contributed by atoms with Crippen molar-refractivity contribution in [3.63, 3.8) is 0 Å². The molecule has 0 saturated heterocycles. The first-order valence-corrected chi connectivity index (χ1v) is 6.89. The number of nitrogens with zero attached hydrogens (tertiary/aromatic N) is 1. The van der Waals surface area contributed by atoms with Crippen LogP contribution in [0.4, 0.5) is 5.69 Å². The van der Waals surface area contributed by atoms with E-state index >= 15 is 0 Å². The monoisotopic (exact) mass is 268 g/mol. The number of carbonyl (C=O) groups excluding carboxylic acids is 1. The Bertz CT molecular complexity index is 566. The summed E-state index contributed by atoms with van der Waals surface area (Å²) in [5.74, 6) is 0.0647. The highest BCUT2D eigenvalue weighted by Crippen LogP contribution is 2.13. The fraction of sp³-hybridized carbons (Fsp3) is 0.235. The molecule has 20 heavy (non-hydrogen) atoms. The van der Waals surface area contributed by atoms with Gasteiger partial charge in [-0.25, -0.2) is 0 Å². The van der Waals surface area contributed by atoms with Gasteiger partial charge < -0.3 is 10.6 Å². The van der Waals surface area contributed by atoms with Crippen molar-refractivity contribution in [1.82, 2.24) is 4.90 Å². The second-order valence-corrected chi connectivity index (χ2v) is 4.84. The van der Waals surface area contributed by atoms with Gasteiger partial charge in [-0.05, 0) is 36.2 Å². The molecule has 1 amide bonds. The number of benzene rings is 2. The van der Waals surface area contributed by atoms with E-state index in [2.05, 4.69) is 6.92 Å². The van der Waals surface area contributed by atoms with Gasteiger partial charge in [-0.15, -0.1) is 0 Å². The van der Waals surface area contributed by atoms with E-state index in [1.54, 1.807) is 0 Å². The lowest BCUT2D eigenvalue weighted by atomic mass is 10.1. The Hall–Kier alpha value is -2.29. The summed E-state index contributed by atoms with van der Waals surface area (Å²) >= 11 is 0. The zero-order valence-corrected chi connectivity index (χ0v) is 11.8. The standard InChI is InChI=1S/C17H20N2O/c1-2-11-19(13-14-7-6-10-16(18)12-14)17(20)15-8-4-3-5-9-15/h3-10,12H,2,11,13,18H2,1H3. The first kappa shape index (κ1) is 14.1. The quantitative estimate of drug-likeness (QED) is 0.845. The Balaban J connectivity index is 2.17. The lowest BCUT2D eigenvalue weighted by Gasteiger charge is -2.22. The third-order valence-electron chi connectivity index (χ3n) is 3.13. The minimum Gasteiger partial charge on any atom is -0.399 e. The van der Waals surface area contributed by atoms with Crippen LogP contribution in [0.2, 0.25) is 0 Å². The Labute approximate surface area is 120 Å². The van der Waals surface area contributed by atoms with Gasteiger partial charge in [0, 0.05) is 24.3 Å². The molecule has 3 nitrogen and oxygen atoms in total. The van der Waals surface area contributed by atoms with Crippen molar-refractivity contribution in [3.05, 3.63) is 65.7 Å². The van der Waals surface area contributed by atoms with Gasteiger partial charge in [-0.1, -0.05) is 37.3 Å². The van der Waals surface area contributed by atoms with E-state index in [1.165, 1.54) is 0 Å². The fourth-order valence-corrected chi connectivity index (χ4v) is 2.20. The molecule has 2 aromatic rings. The summed E-state index contributed by atoms with van der Waals surface area (Å²) < 4.78 is 0. The highest BCUT2D eigenvalue weighted by molar-refractivity contribution is 5.94. The number of anilines is 1. The van der Waals surface area contributed by atoms with E-state index in [0.717, 1.165) is 29.8 Å². The Morgan fingerprint density at radius 3 is 2.50 bits per heavy atom. The van der Waals surface area contributed by atoms with Gasteiger partial charge in [0.15, 0.2) is 0 Å². The Kier molecular flexibility index (Phi) is 4.77. The molecule has 0 spiro atoms. The van der Waals surface area contributed by atoms with Crippen molar-refractivity contribution in [1.29, 1.82) is 0 Å². The maximum absolute atomic E-state index is 12.5. The van der Waals surface area contributed by atoms with Gasteiger partial charge >= 0.3 is 0 Å². The molecule has 0 fully saturated rings. The van der Waals surface area contributed by atoms with Crippen molar-refractivity contribution in [3.8, 4) is 0 Å². The zero-order valence-electron chi connectivity index (χ0n) is 11.8. The molecular weight excluding hydrogens is 248 g/mol. The molecular formula is C17H20N2O. The highest BCUT2D eigenvalue weighted by atomic mass is 16.2. The molecule has 0 heterocycles. The SMILES string of the molecule is CCCN(Cc1cccc(N)c1)C(=O)c1ccccc1. The lowest BCUT2D eigenvalue weighted by molar-refractivity contribution is 0.0743. The van der Waals surface area contributed by atoms with Crippen LogP contribution in [-0.4, -0.2) is 17.4 Å². The van der Waals surface area contributed by atoms with Crippen LogP contribution in [0.5, 0.6) is 0 Å². The van der Waals surface area contributed by atoms with E-state index in [1.807, 2.05) is 59.5 Å². The number of rotatable bonds is 5. The summed E-state index contributed by atoms with van der Waals surface area (Å²) in [6.45, 7) is 3.40. The van der Waals surface area contributed by atoms with Crippen LogP contribution in [0.1, 0.15) is 29.3 Å². The number of nitrogen functional groups attached to an aromatic ring is 1. The van der Waals surface area contributed by atoms with Crippen molar-refractivity contribution in [2.45, 2.75) is 19.9 Å². The smallest absolute Gasteiger partial charge is 0.254 e. The fourth-order valence-electron chi connectivity index (χ4n) is 2.20. The molecule has 104 valence electrons. The number of hydrogen-bond donors (Lipinski definition) is 1. The van der Waals surface area contributed by atoms with Gasteiger partial charge in [0.05, 0.1) is 0 Å². The van der Waals surface area contributed by atoms with Crippen molar-refractivity contribution in [2.24, 2.45) is 0 Å². The van der Waals surface area contributed by atoms with E-state index in [9.17, 15) is 4.79 Å². The van der Waals surface area contributed by atoms with Crippen LogP contribution >= 0.6 is 0 Å². The first-order chi connectivity index (χ1) is 9.70. The van der Waals surface area contributed by atoms with Crippen molar-refractivity contribution in [2.75, 3.05) is 12.3 Å². The summed E-state index contributed by atoms with van der Waals surface area (Å²) in [6.07, 6.45) is 0.931. The largest absolute Gasteiger partial charge is 0.399 e. The molecule has 0 aromatic heterocycles. The van der Waals surface area contributed by atoms with E-state index in [0.29, 0.717) is 6.54 Å². The lowest BCUT2D eigenvalue weighted by Crippen LogP contribution is -2.31. The van der Waals surface area contributed by atoms with E-state index in [-0.39, 0.29) is 5.91 Å². The van der Waals surface area contributed by atoms with Gasteiger partial charge in [-0.2, -0.15) is 0 Å². The van der Waals surface area contributed by atoms with Crippen molar-refractivity contribution >= 4 is 11.6 Å². The maximum atomic E-state index is 12.5. The van der Waals surface area contributed by atoms with Crippen LogP contribution in [0, 0.1) is 0 Å². The molecule has 2 rings (SSSR count). The number of amides is 1. The molecule has 0 bridgehead atoms. The van der Waals surface area contributed by atoms with Crippen molar-refractivity contribution < 1.29 is 4.79 Å². The first-order valence-electron chi connectivity index (χ1n) is 6.89. The summed E-state index contributed by atoms with van der Waals surface area (Å²) in [5.41, 5.74) is 8.30. The number of nitrogens with two attached hydrogens (primary N) is 1. The van der Waals surface area contributed by atoms with Gasteiger partial charge in [0.25, 0.3) is 5.91 Å². The van der Waals surface area contributed by atoms with E-state index in [4.69, 9.17) is 5.73 Å². The minimum absolute atomic E-state index is 0.0647. The normalized spacial score (nSPS) is 10.2. The third-order valence-corrected chi connectivity index (χ3v) is 3.13. The molecule has 0 saturated carbocycles. The van der Waals surface area contributed by atoms with Crippen LogP contribution in [0.3, 0.4) is 0 Å². The summed E-state index contributed by atoms with van der Waals surface area (Å²) in [6, 6.07) is 17.1. The van der Waals surface area contributed by atoms with E-state index < -0.39 is 0 Å². The summed E-state index contributed by atoms with van der Waals surface area (Å²) in [5, 5.41) is 0. The molecule has 2 N–H and O–H groups in total. The molecule has 0 unspecified atom stereocenters. The molecule has 3 heteroatoms. The van der Waals surface area contributed by atoms with Crippen LogP contribution in [0.15, 0.2) is 54.6 Å². The predicted octanol–water partition coefficient (Wildman–Crippen LogP) is 3.32. The van der Waals surface area contributed by atoms with Crippen LogP contribution in [0.25, 0.3) is 0 Å². The molecule has 2 aromatic carbocycles. The zero-order chi connectivity index (χ0) is 14.4.